The summed E-state index contributed by atoms with van der Waals surface area (Å²) in [7, 11) is 6.21. The van der Waals surface area contributed by atoms with Gasteiger partial charge in [-0.1, -0.05) is 6.07 Å². The highest BCUT2D eigenvalue weighted by atomic mass is 79.9. The summed E-state index contributed by atoms with van der Waals surface area (Å²) in [6, 6.07) is 7.71. The number of benzene rings is 1. The second-order valence-electron chi connectivity index (χ2n) is 4.66. The first-order valence-corrected chi connectivity index (χ1v) is 5.27. The Hall–Kier alpha value is -0.620. The van der Waals surface area contributed by atoms with Crippen LogP contribution in [0.3, 0.4) is 0 Å². The third-order valence-corrected chi connectivity index (χ3v) is 2.25. The number of nitrogens with zero attached hydrogens (tertiary/aromatic N) is 1. The highest BCUT2D eigenvalue weighted by Crippen LogP contribution is 2.22. The van der Waals surface area contributed by atoms with Gasteiger partial charge in [0.25, 0.3) is 0 Å². The summed E-state index contributed by atoms with van der Waals surface area (Å²) < 4.78 is 6.08. The van der Waals surface area contributed by atoms with Gasteiger partial charge in [0.2, 0.25) is 0 Å². The van der Waals surface area contributed by atoms with E-state index in [0.717, 1.165) is 5.69 Å². The van der Waals surface area contributed by atoms with E-state index in [2.05, 4.69) is 21.1 Å². The van der Waals surface area contributed by atoms with E-state index >= 15 is 0 Å². The molecule has 0 aromatic heterocycles. The van der Waals surface area contributed by atoms with Gasteiger partial charge in [0, 0.05) is 6.07 Å². The Morgan fingerprint density at radius 1 is 1.29 bits per heavy atom. The zero-order chi connectivity index (χ0) is 12.2. The van der Waals surface area contributed by atoms with Gasteiger partial charge in [0.15, 0.2) is 0 Å². The minimum Gasteiger partial charge on any atom is -1.00 e. The van der Waals surface area contributed by atoms with Crippen molar-refractivity contribution in [3.63, 3.8) is 0 Å². The largest absolute Gasteiger partial charge is 1.00 e. The van der Waals surface area contributed by atoms with Crippen LogP contribution in [0.2, 0.25) is 0 Å². The highest BCUT2D eigenvalue weighted by molar-refractivity contribution is 5.46. The predicted molar refractivity (Wildman–Crippen MR) is 64.6 cm³/mol. The molecule has 2 N–H and O–H groups in total. The number of aliphatic hydroxyl groups excluding tert-OH is 2. The monoisotopic (exact) mass is 305 g/mol. The number of halogens is 1. The summed E-state index contributed by atoms with van der Waals surface area (Å²) in [4.78, 5) is 0. The minimum absolute atomic E-state index is 0. The van der Waals surface area contributed by atoms with Gasteiger partial charge >= 0.3 is 0 Å². The predicted octanol–water partition coefficient (Wildman–Crippen LogP) is -2.38. The summed E-state index contributed by atoms with van der Waals surface area (Å²) in [5.41, 5.74) is 1.12. The molecule has 1 unspecified atom stereocenters. The maximum absolute atomic E-state index is 9.17. The van der Waals surface area contributed by atoms with Crippen LogP contribution >= 0.6 is 0 Å². The van der Waals surface area contributed by atoms with Crippen molar-refractivity contribution in [3.05, 3.63) is 24.3 Å². The van der Waals surface area contributed by atoms with E-state index < -0.39 is 6.10 Å². The average molecular weight is 306 g/mol. The van der Waals surface area contributed by atoms with Crippen molar-refractivity contribution in [2.24, 2.45) is 0 Å². The Morgan fingerprint density at radius 2 is 1.94 bits per heavy atom. The molecule has 0 aliphatic carbocycles. The molecule has 1 aromatic carbocycles. The maximum atomic E-state index is 9.17. The van der Waals surface area contributed by atoms with Crippen molar-refractivity contribution >= 4 is 5.69 Å². The Balaban J connectivity index is 0.00000256. The third-order valence-electron chi connectivity index (χ3n) is 2.25. The number of ether oxygens (including phenoxy) is 1. The minimum atomic E-state index is -0.826. The van der Waals surface area contributed by atoms with E-state index in [9.17, 15) is 0 Å². The molecule has 5 heteroatoms. The van der Waals surface area contributed by atoms with Crippen LogP contribution in [0.5, 0.6) is 5.75 Å². The average Bonchev–Trinajstić information content (AvgIpc) is 2.25. The van der Waals surface area contributed by atoms with Gasteiger partial charge in [-0.2, -0.15) is 0 Å². The fraction of sp³-hybridized carbons (Fsp3) is 0.500. The first-order chi connectivity index (χ1) is 7.43. The zero-order valence-corrected chi connectivity index (χ0v) is 12.0. The van der Waals surface area contributed by atoms with Crippen LogP contribution in [0.4, 0.5) is 5.69 Å². The topological polar surface area (TPSA) is 49.7 Å². The Bertz CT molecular complexity index is 339. The maximum Gasteiger partial charge on any atom is 0.135 e. The molecule has 0 spiro atoms. The Labute approximate surface area is 113 Å². The summed E-state index contributed by atoms with van der Waals surface area (Å²) >= 11 is 0. The van der Waals surface area contributed by atoms with Crippen LogP contribution in [-0.4, -0.2) is 50.7 Å². The molecule has 0 saturated heterocycles. The lowest BCUT2D eigenvalue weighted by molar-refractivity contribution is -0.00000559. The van der Waals surface area contributed by atoms with Crippen LogP contribution in [-0.2, 0) is 0 Å². The van der Waals surface area contributed by atoms with Crippen LogP contribution in [0.25, 0.3) is 0 Å². The van der Waals surface area contributed by atoms with Crippen molar-refractivity contribution in [2.45, 2.75) is 6.10 Å². The van der Waals surface area contributed by atoms with Gasteiger partial charge < -0.3 is 31.9 Å². The molecule has 1 rings (SSSR count). The number of hydrogen-bond donors (Lipinski definition) is 2. The summed E-state index contributed by atoms with van der Waals surface area (Å²) in [6.07, 6.45) is -0.826. The first-order valence-electron chi connectivity index (χ1n) is 5.27. The van der Waals surface area contributed by atoms with Crippen LogP contribution in [0.15, 0.2) is 24.3 Å². The molecule has 1 aromatic rings. The van der Waals surface area contributed by atoms with Gasteiger partial charge in [0.05, 0.1) is 27.7 Å². The van der Waals surface area contributed by atoms with Crippen molar-refractivity contribution in [2.75, 3.05) is 34.4 Å². The number of aliphatic hydroxyl groups is 2. The van der Waals surface area contributed by atoms with Crippen molar-refractivity contribution in [1.82, 2.24) is 4.48 Å². The summed E-state index contributed by atoms with van der Waals surface area (Å²) in [6.45, 7) is -0.174. The molecule has 0 aliphatic heterocycles. The fourth-order valence-electron chi connectivity index (χ4n) is 1.24. The number of quaternary nitrogens is 1. The quantitative estimate of drug-likeness (QED) is 0.598. The summed E-state index contributed by atoms with van der Waals surface area (Å²) in [5, 5.41) is 17.8. The van der Waals surface area contributed by atoms with Crippen molar-refractivity contribution in [1.29, 1.82) is 0 Å². The van der Waals surface area contributed by atoms with E-state index in [4.69, 9.17) is 14.9 Å². The van der Waals surface area contributed by atoms with Crippen molar-refractivity contribution in [3.8, 4) is 5.75 Å². The fourth-order valence-corrected chi connectivity index (χ4v) is 1.24. The standard InChI is InChI=1S/C12H20NO3.BrH/c1-13(2,3)10-5-4-6-12(7-10)16-9-11(15)8-14;/h4-7,11,14-15H,8-9H2,1-3H3;1H/q+1;/p-1. The first kappa shape index (κ1) is 16.4. The molecule has 17 heavy (non-hydrogen) atoms. The molecule has 98 valence electrons. The molecule has 1 atom stereocenters. The van der Waals surface area contributed by atoms with Crippen LogP contribution in [0.1, 0.15) is 0 Å². The Morgan fingerprint density at radius 3 is 2.47 bits per heavy atom. The molecule has 0 aliphatic rings. The normalized spacial score (nSPS) is 12.8. The lowest BCUT2D eigenvalue weighted by atomic mass is 10.2. The molecule has 0 radical (unpaired) electrons. The van der Waals surface area contributed by atoms with Gasteiger partial charge in [-0.25, -0.2) is 0 Å². The lowest BCUT2D eigenvalue weighted by Gasteiger charge is -2.23. The van der Waals surface area contributed by atoms with Crippen LogP contribution in [0, 0.1) is 0 Å². The summed E-state index contributed by atoms with van der Waals surface area (Å²) in [5.74, 6) is 0.707. The lowest BCUT2D eigenvalue weighted by Crippen LogP contribution is -3.00. The molecule has 0 heterocycles. The highest BCUT2D eigenvalue weighted by Gasteiger charge is 2.12. The van der Waals surface area contributed by atoms with Crippen LogP contribution < -0.4 is 26.2 Å². The molecule has 0 amide bonds. The zero-order valence-electron chi connectivity index (χ0n) is 10.4. The van der Waals surface area contributed by atoms with E-state index in [1.54, 1.807) is 0 Å². The molecule has 0 saturated carbocycles. The number of hydrogen-bond acceptors (Lipinski definition) is 3. The smallest absolute Gasteiger partial charge is 0.135 e. The molecule has 0 bridgehead atoms. The van der Waals surface area contributed by atoms with Gasteiger partial charge in [-0.3, -0.25) is 4.48 Å². The van der Waals surface area contributed by atoms with E-state index in [0.29, 0.717) is 10.2 Å². The second-order valence-corrected chi connectivity index (χ2v) is 4.66. The SMILES string of the molecule is C[N+](C)(C)c1cccc(OCC(O)CO)c1.[Br-]. The van der Waals surface area contributed by atoms with Crippen molar-refractivity contribution < 1.29 is 31.9 Å². The molecule has 0 fully saturated rings. The van der Waals surface area contributed by atoms with Gasteiger partial charge in [0.1, 0.15) is 24.1 Å². The second kappa shape index (κ2) is 6.96. The van der Waals surface area contributed by atoms with Gasteiger partial charge in [-0.05, 0) is 12.1 Å². The Kier molecular flexibility index (Phi) is 6.70. The van der Waals surface area contributed by atoms with E-state index in [1.807, 2.05) is 24.3 Å². The van der Waals surface area contributed by atoms with E-state index in [1.165, 1.54) is 0 Å². The third kappa shape index (κ3) is 5.50. The van der Waals surface area contributed by atoms with Gasteiger partial charge in [-0.15, -0.1) is 0 Å². The molecular weight excluding hydrogens is 286 g/mol. The number of rotatable bonds is 5. The van der Waals surface area contributed by atoms with E-state index in [-0.39, 0.29) is 30.2 Å². The molecule has 4 nitrogen and oxygen atoms in total. The molecular formula is C12H20BrNO3.